The zero-order chi connectivity index (χ0) is 25.2. The summed E-state index contributed by atoms with van der Waals surface area (Å²) in [6, 6.07) is 8.07. The van der Waals surface area contributed by atoms with Gasteiger partial charge in [-0.25, -0.2) is 4.98 Å². The molecule has 1 unspecified atom stereocenters. The van der Waals surface area contributed by atoms with E-state index >= 15 is 0 Å². The van der Waals surface area contributed by atoms with Crippen LogP contribution in [-0.2, 0) is 9.47 Å². The number of amides is 1. The van der Waals surface area contributed by atoms with Crippen LogP contribution < -0.4 is 14.5 Å². The monoisotopic (exact) mass is 532 g/mol. The average Bonchev–Trinajstić information content (AvgIpc) is 3.58. The number of hydrogen-bond donors (Lipinski definition) is 0. The molecule has 0 bridgehead atoms. The van der Waals surface area contributed by atoms with Crippen molar-refractivity contribution < 1.29 is 23.9 Å². The van der Waals surface area contributed by atoms with Crippen molar-refractivity contribution in [2.24, 2.45) is 0 Å². The molecule has 1 atom stereocenters. The van der Waals surface area contributed by atoms with Gasteiger partial charge in [0.15, 0.2) is 5.13 Å². The maximum absolute atomic E-state index is 13.8. The highest BCUT2D eigenvalue weighted by Gasteiger charge is 2.30. The molecule has 0 saturated carbocycles. The Kier molecular flexibility index (Phi) is 7.24. The third-order valence-corrected chi connectivity index (χ3v) is 7.86. The van der Waals surface area contributed by atoms with E-state index in [9.17, 15) is 14.9 Å². The summed E-state index contributed by atoms with van der Waals surface area (Å²) in [5.74, 6) is 0.156. The number of morpholine rings is 1. The number of ether oxygens (including phenoxy) is 3. The van der Waals surface area contributed by atoms with E-state index in [2.05, 4.69) is 4.98 Å². The summed E-state index contributed by atoms with van der Waals surface area (Å²) in [5.41, 5.74) is 1.12. The van der Waals surface area contributed by atoms with Gasteiger partial charge in [-0.3, -0.25) is 19.8 Å². The Balaban J connectivity index is 1.54. The highest BCUT2D eigenvalue weighted by atomic mass is 35.5. The lowest BCUT2D eigenvalue weighted by atomic mass is 10.1. The van der Waals surface area contributed by atoms with Crippen LogP contribution in [0.15, 0.2) is 30.3 Å². The lowest BCUT2D eigenvalue weighted by Gasteiger charge is -2.28. The van der Waals surface area contributed by atoms with Crippen LogP contribution in [0.5, 0.6) is 5.75 Å². The summed E-state index contributed by atoms with van der Waals surface area (Å²) in [7, 11) is 1.55. The van der Waals surface area contributed by atoms with Crippen LogP contribution in [0.3, 0.4) is 0 Å². The first-order valence-corrected chi connectivity index (χ1v) is 12.8. The Morgan fingerprint density at radius 3 is 2.81 bits per heavy atom. The maximum Gasteiger partial charge on any atom is 0.293 e. The Labute approximate surface area is 216 Å². The van der Waals surface area contributed by atoms with Gasteiger partial charge in [0.2, 0.25) is 0 Å². The number of thiazole rings is 1. The van der Waals surface area contributed by atoms with E-state index in [0.717, 1.165) is 12.8 Å². The molecule has 36 heavy (non-hydrogen) atoms. The second-order valence-corrected chi connectivity index (χ2v) is 9.92. The number of aromatic nitrogens is 1. The van der Waals surface area contributed by atoms with E-state index in [1.807, 2.05) is 4.90 Å². The molecule has 0 aliphatic carbocycles. The molecule has 1 aromatic heterocycles. The first-order chi connectivity index (χ1) is 17.5. The Hall–Kier alpha value is -2.99. The fourth-order valence-electron chi connectivity index (χ4n) is 4.49. The number of benzene rings is 2. The van der Waals surface area contributed by atoms with Crippen molar-refractivity contribution in [3.8, 4) is 5.75 Å². The molecule has 3 aromatic rings. The maximum atomic E-state index is 13.8. The largest absolute Gasteiger partial charge is 0.494 e. The molecule has 0 radical (unpaired) electrons. The number of methoxy groups -OCH3 is 1. The molecule has 2 aliphatic heterocycles. The molecule has 2 aliphatic rings. The van der Waals surface area contributed by atoms with Crippen molar-refractivity contribution >= 4 is 55.6 Å². The number of rotatable bonds is 7. The van der Waals surface area contributed by atoms with Crippen molar-refractivity contribution in [3.05, 3.63) is 51.0 Å². The average molecular weight is 533 g/mol. The summed E-state index contributed by atoms with van der Waals surface area (Å²) in [5, 5.41) is 12.9. The Bertz CT molecular complexity index is 1290. The van der Waals surface area contributed by atoms with Crippen LogP contribution in [0.4, 0.5) is 16.5 Å². The Morgan fingerprint density at radius 2 is 2.11 bits per heavy atom. The molecule has 2 aromatic carbocycles. The van der Waals surface area contributed by atoms with Crippen molar-refractivity contribution in [1.82, 2.24) is 4.98 Å². The van der Waals surface area contributed by atoms with Crippen LogP contribution in [0, 0.1) is 10.1 Å². The summed E-state index contributed by atoms with van der Waals surface area (Å²) in [6.07, 6.45) is 1.57. The number of halogens is 1. The summed E-state index contributed by atoms with van der Waals surface area (Å²) in [4.78, 5) is 33.4. The molecular weight excluding hydrogens is 508 g/mol. The first kappa shape index (κ1) is 24.7. The zero-order valence-corrected chi connectivity index (χ0v) is 21.2. The number of nitro groups is 1. The number of carbonyl (C=O) groups excluding carboxylic acids is 1. The van der Waals surface area contributed by atoms with Crippen LogP contribution in [0.25, 0.3) is 10.2 Å². The molecule has 5 rings (SSSR count). The van der Waals surface area contributed by atoms with Gasteiger partial charge in [-0.1, -0.05) is 22.9 Å². The predicted octanol–water partition coefficient (Wildman–Crippen LogP) is 4.53. The molecule has 1 amide bonds. The van der Waals surface area contributed by atoms with Crippen molar-refractivity contribution in [2.75, 3.05) is 56.4 Å². The van der Waals surface area contributed by atoms with E-state index < -0.39 is 10.8 Å². The fourth-order valence-corrected chi connectivity index (χ4v) is 5.76. The summed E-state index contributed by atoms with van der Waals surface area (Å²) in [6.45, 7) is 3.00. The lowest BCUT2D eigenvalue weighted by Crippen LogP contribution is -2.38. The van der Waals surface area contributed by atoms with Crippen LogP contribution in [-0.4, -0.2) is 68.5 Å². The third-order valence-electron chi connectivity index (χ3n) is 6.32. The van der Waals surface area contributed by atoms with E-state index in [1.165, 1.54) is 22.3 Å². The van der Waals surface area contributed by atoms with Crippen LogP contribution in [0.2, 0.25) is 5.02 Å². The molecule has 190 valence electrons. The van der Waals surface area contributed by atoms with Gasteiger partial charge in [0.1, 0.15) is 17.0 Å². The van der Waals surface area contributed by atoms with Gasteiger partial charge in [-0.15, -0.1) is 0 Å². The predicted molar refractivity (Wildman–Crippen MR) is 138 cm³/mol. The quantitative estimate of drug-likeness (QED) is 0.323. The highest BCUT2D eigenvalue weighted by molar-refractivity contribution is 7.23. The van der Waals surface area contributed by atoms with Crippen molar-refractivity contribution in [2.45, 2.75) is 18.9 Å². The topological polar surface area (TPSA) is 107 Å². The molecule has 2 saturated heterocycles. The molecule has 3 heterocycles. The Morgan fingerprint density at radius 1 is 1.31 bits per heavy atom. The number of anilines is 2. The number of fused-ring (bicyclic) bond motifs is 1. The van der Waals surface area contributed by atoms with Gasteiger partial charge >= 0.3 is 0 Å². The van der Waals surface area contributed by atoms with Crippen molar-refractivity contribution in [3.63, 3.8) is 0 Å². The van der Waals surface area contributed by atoms with Gasteiger partial charge < -0.3 is 19.1 Å². The summed E-state index contributed by atoms with van der Waals surface area (Å²) >= 11 is 7.69. The number of nitrogens with zero attached hydrogens (tertiary/aromatic N) is 4. The minimum Gasteiger partial charge on any atom is -0.494 e. The van der Waals surface area contributed by atoms with Gasteiger partial charge in [0, 0.05) is 31.3 Å². The standard InChI is InChI=1S/C24H25ClN4O6S/c1-33-20-7-5-17(25)22-21(20)26-24(36-22)28(14-16-3-2-10-35-16)23(30)15-4-6-18(19(13-15)29(31)32)27-8-11-34-12-9-27/h4-7,13,16H,2-3,8-12,14H2,1H3. The molecule has 10 nitrogen and oxygen atoms in total. The zero-order valence-electron chi connectivity index (χ0n) is 19.6. The second-order valence-electron chi connectivity index (χ2n) is 8.53. The number of nitro benzene ring substituents is 1. The molecule has 2 fully saturated rings. The smallest absolute Gasteiger partial charge is 0.293 e. The first-order valence-electron chi connectivity index (χ1n) is 11.6. The molecular formula is C24H25ClN4O6S. The van der Waals surface area contributed by atoms with Gasteiger partial charge in [-0.05, 0) is 37.1 Å². The van der Waals surface area contributed by atoms with E-state index in [1.54, 1.807) is 31.4 Å². The lowest BCUT2D eigenvalue weighted by molar-refractivity contribution is -0.384. The second kappa shape index (κ2) is 10.6. The van der Waals surface area contributed by atoms with Crippen LogP contribution >= 0.6 is 22.9 Å². The van der Waals surface area contributed by atoms with E-state index in [0.29, 0.717) is 64.7 Å². The van der Waals surface area contributed by atoms with E-state index in [-0.39, 0.29) is 23.9 Å². The minimum absolute atomic E-state index is 0.117. The van der Waals surface area contributed by atoms with E-state index in [4.69, 9.17) is 25.8 Å². The summed E-state index contributed by atoms with van der Waals surface area (Å²) < 4.78 is 17.3. The molecule has 0 N–H and O–H groups in total. The van der Waals surface area contributed by atoms with Gasteiger partial charge in [-0.2, -0.15) is 0 Å². The number of carbonyl (C=O) groups is 1. The minimum atomic E-state index is -0.450. The van der Waals surface area contributed by atoms with Crippen molar-refractivity contribution in [1.29, 1.82) is 0 Å². The number of hydrogen-bond acceptors (Lipinski definition) is 9. The molecule has 0 spiro atoms. The third kappa shape index (κ3) is 4.83. The van der Waals surface area contributed by atoms with Crippen LogP contribution in [0.1, 0.15) is 23.2 Å². The normalized spacial score (nSPS) is 17.9. The molecule has 12 heteroatoms. The van der Waals surface area contributed by atoms with Gasteiger partial charge in [0.25, 0.3) is 11.6 Å². The SMILES string of the molecule is COc1ccc(Cl)c2sc(N(CC3CCCO3)C(=O)c3ccc(N4CCOCC4)c([N+](=O)[O-])c3)nc12. The highest BCUT2D eigenvalue weighted by Crippen LogP contribution is 2.40. The van der Waals surface area contributed by atoms with Gasteiger partial charge in [0.05, 0.1) is 47.6 Å². The fraction of sp³-hybridized carbons (Fsp3) is 0.417.